The first-order valence-electron chi connectivity index (χ1n) is 5.23. The lowest BCUT2D eigenvalue weighted by Gasteiger charge is -2.12. The van der Waals surface area contributed by atoms with Crippen molar-refractivity contribution in [2.75, 3.05) is 6.61 Å². The van der Waals surface area contributed by atoms with E-state index in [4.69, 9.17) is 10.5 Å². The summed E-state index contributed by atoms with van der Waals surface area (Å²) in [5.41, 5.74) is 6.25. The number of phenolic OH excluding ortho intramolecular Hbond substituents is 1. The second kappa shape index (κ2) is 5.45. The minimum atomic E-state index is -0.950. The fourth-order valence-electron chi connectivity index (χ4n) is 1.40. The van der Waals surface area contributed by atoms with Gasteiger partial charge in [0, 0.05) is 0 Å². The summed E-state index contributed by atoms with van der Waals surface area (Å²) in [6, 6.07) is 3.28. The molecule has 0 fully saturated rings. The van der Waals surface area contributed by atoms with Crippen molar-refractivity contribution in [2.24, 2.45) is 5.73 Å². The fraction of sp³-hybridized carbons (Fsp3) is 0.333. The third-order valence-electron chi connectivity index (χ3n) is 2.30. The van der Waals surface area contributed by atoms with Crippen LogP contribution >= 0.6 is 0 Å². The third-order valence-corrected chi connectivity index (χ3v) is 2.30. The maximum absolute atomic E-state index is 11.4. The number of carbonyl (C=O) groups excluding carboxylic acids is 2. The van der Waals surface area contributed by atoms with E-state index in [1.54, 1.807) is 6.92 Å². The van der Waals surface area contributed by atoms with Gasteiger partial charge < -0.3 is 15.6 Å². The number of benzene rings is 1. The topological polar surface area (TPSA) is 89.6 Å². The summed E-state index contributed by atoms with van der Waals surface area (Å²) in [4.78, 5) is 22.6. The molecule has 0 aliphatic rings. The summed E-state index contributed by atoms with van der Waals surface area (Å²) in [6.07, 6.45) is 0. The van der Waals surface area contributed by atoms with Gasteiger partial charge in [0.25, 0.3) is 0 Å². The Morgan fingerprint density at radius 1 is 1.47 bits per heavy atom. The number of hydrogen-bond acceptors (Lipinski definition) is 5. The molecule has 0 spiro atoms. The van der Waals surface area contributed by atoms with Crippen LogP contribution in [0.3, 0.4) is 0 Å². The van der Waals surface area contributed by atoms with Crippen LogP contribution in [0.1, 0.15) is 35.8 Å². The maximum atomic E-state index is 11.4. The summed E-state index contributed by atoms with van der Waals surface area (Å²) < 4.78 is 4.78. The van der Waals surface area contributed by atoms with E-state index in [0.29, 0.717) is 5.56 Å². The number of aromatic hydroxyl groups is 1. The Morgan fingerprint density at radius 2 is 2.12 bits per heavy atom. The molecule has 5 heteroatoms. The van der Waals surface area contributed by atoms with Crippen LogP contribution < -0.4 is 5.73 Å². The van der Waals surface area contributed by atoms with Crippen LogP contribution in [0.5, 0.6) is 5.75 Å². The van der Waals surface area contributed by atoms with Crippen molar-refractivity contribution in [1.82, 2.24) is 0 Å². The average Bonchev–Trinajstić information content (AvgIpc) is 2.28. The molecule has 1 aromatic rings. The van der Waals surface area contributed by atoms with Gasteiger partial charge in [0.05, 0.1) is 12.2 Å². The van der Waals surface area contributed by atoms with Gasteiger partial charge >= 0.3 is 5.97 Å². The summed E-state index contributed by atoms with van der Waals surface area (Å²) >= 11 is 0. The second-order valence-corrected chi connectivity index (χ2v) is 3.56. The summed E-state index contributed by atoms with van der Waals surface area (Å²) in [7, 11) is 0. The van der Waals surface area contributed by atoms with E-state index < -0.39 is 12.0 Å². The Bertz CT molecular complexity index is 442. The number of carbonyl (C=O) groups is 2. The van der Waals surface area contributed by atoms with Gasteiger partial charge in [-0.05, 0) is 31.5 Å². The monoisotopic (exact) mass is 237 g/mol. The number of ether oxygens (including phenoxy) is 1. The van der Waals surface area contributed by atoms with Crippen LogP contribution in [0.2, 0.25) is 0 Å². The molecule has 0 amide bonds. The molecule has 17 heavy (non-hydrogen) atoms. The van der Waals surface area contributed by atoms with Crippen molar-refractivity contribution in [3.63, 3.8) is 0 Å². The Balaban J connectivity index is 3.03. The third kappa shape index (κ3) is 3.04. The zero-order valence-electron chi connectivity index (χ0n) is 9.77. The minimum Gasteiger partial charge on any atom is -0.507 e. The predicted molar refractivity (Wildman–Crippen MR) is 61.7 cm³/mol. The SMILES string of the molecule is CCOC(=O)C(N)c1ccc(O)c(C(C)=O)c1. The fourth-order valence-corrected chi connectivity index (χ4v) is 1.40. The van der Waals surface area contributed by atoms with Gasteiger partial charge in [-0.3, -0.25) is 4.79 Å². The standard InChI is InChI=1S/C12H15NO4/c1-3-17-12(16)11(13)8-4-5-10(15)9(6-8)7(2)14/h4-6,11,15H,3,13H2,1-2H3. The van der Waals surface area contributed by atoms with Gasteiger partial charge in [-0.1, -0.05) is 6.07 Å². The van der Waals surface area contributed by atoms with Crippen LogP contribution in [0, 0.1) is 0 Å². The van der Waals surface area contributed by atoms with Crippen LogP contribution in [-0.4, -0.2) is 23.5 Å². The highest BCUT2D eigenvalue weighted by atomic mass is 16.5. The lowest BCUT2D eigenvalue weighted by Crippen LogP contribution is -2.23. The predicted octanol–water partition coefficient (Wildman–Crippen LogP) is 1.16. The Hall–Kier alpha value is -1.88. The van der Waals surface area contributed by atoms with E-state index in [-0.39, 0.29) is 23.7 Å². The van der Waals surface area contributed by atoms with Crippen LogP contribution in [-0.2, 0) is 9.53 Å². The van der Waals surface area contributed by atoms with Crippen LogP contribution in [0.25, 0.3) is 0 Å². The molecule has 1 aromatic carbocycles. The number of phenols is 1. The van der Waals surface area contributed by atoms with E-state index >= 15 is 0 Å². The van der Waals surface area contributed by atoms with E-state index in [1.165, 1.54) is 25.1 Å². The van der Waals surface area contributed by atoms with Crippen LogP contribution in [0.15, 0.2) is 18.2 Å². The van der Waals surface area contributed by atoms with E-state index in [9.17, 15) is 14.7 Å². The molecule has 1 unspecified atom stereocenters. The first kappa shape index (κ1) is 13.2. The molecule has 3 N–H and O–H groups in total. The highest BCUT2D eigenvalue weighted by Gasteiger charge is 2.19. The molecular weight excluding hydrogens is 222 g/mol. The largest absolute Gasteiger partial charge is 0.507 e. The highest BCUT2D eigenvalue weighted by molar-refractivity contribution is 5.97. The van der Waals surface area contributed by atoms with Crippen molar-refractivity contribution >= 4 is 11.8 Å². The smallest absolute Gasteiger partial charge is 0.327 e. The van der Waals surface area contributed by atoms with E-state index in [2.05, 4.69) is 0 Å². The highest BCUT2D eigenvalue weighted by Crippen LogP contribution is 2.22. The van der Waals surface area contributed by atoms with Crippen molar-refractivity contribution in [2.45, 2.75) is 19.9 Å². The van der Waals surface area contributed by atoms with Crippen molar-refractivity contribution in [1.29, 1.82) is 0 Å². The molecule has 1 atom stereocenters. The van der Waals surface area contributed by atoms with Gasteiger partial charge in [-0.25, -0.2) is 4.79 Å². The quantitative estimate of drug-likeness (QED) is 0.605. The first-order chi connectivity index (χ1) is 7.97. The molecule has 0 aromatic heterocycles. The van der Waals surface area contributed by atoms with Gasteiger partial charge in [-0.15, -0.1) is 0 Å². The number of nitrogens with two attached hydrogens (primary N) is 1. The molecule has 1 rings (SSSR count). The van der Waals surface area contributed by atoms with Gasteiger partial charge in [0.15, 0.2) is 5.78 Å². The molecular formula is C12H15NO4. The van der Waals surface area contributed by atoms with Gasteiger partial charge in [0.2, 0.25) is 0 Å². The van der Waals surface area contributed by atoms with E-state index in [0.717, 1.165) is 0 Å². The molecule has 92 valence electrons. The zero-order chi connectivity index (χ0) is 13.0. The minimum absolute atomic E-state index is 0.127. The Morgan fingerprint density at radius 3 is 2.65 bits per heavy atom. The Kier molecular flexibility index (Phi) is 4.23. The van der Waals surface area contributed by atoms with Crippen molar-refractivity contribution < 1.29 is 19.4 Å². The number of rotatable bonds is 4. The van der Waals surface area contributed by atoms with Crippen LogP contribution in [0.4, 0.5) is 0 Å². The molecule has 0 aliphatic carbocycles. The molecule has 5 nitrogen and oxygen atoms in total. The number of Topliss-reactive ketones (excluding diaryl/α,β-unsaturated/α-hetero) is 1. The normalized spacial score (nSPS) is 11.9. The molecule has 0 bridgehead atoms. The molecule has 0 heterocycles. The van der Waals surface area contributed by atoms with Crippen molar-refractivity contribution in [3.05, 3.63) is 29.3 Å². The lowest BCUT2D eigenvalue weighted by molar-refractivity contribution is -0.144. The van der Waals surface area contributed by atoms with Crippen molar-refractivity contribution in [3.8, 4) is 5.75 Å². The average molecular weight is 237 g/mol. The zero-order valence-corrected chi connectivity index (χ0v) is 9.77. The lowest BCUT2D eigenvalue weighted by atomic mass is 10.0. The molecule has 0 saturated heterocycles. The molecule has 0 saturated carbocycles. The molecule has 0 aliphatic heterocycles. The van der Waals surface area contributed by atoms with Gasteiger partial charge in [0.1, 0.15) is 11.8 Å². The maximum Gasteiger partial charge on any atom is 0.327 e. The first-order valence-corrected chi connectivity index (χ1v) is 5.23. The summed E-state index contributed by atoms with van der Waals surface area (Å²) in [5.74, 6) is -0.981. The number of ketones is 1. The number of hydrogen-bond donors (Lipinski definition) is 2. The summed E-state index contributed by atoms with van der Waals surface area (Å²) in [6.45, 7) is 3.25. The number of esters is 1. The second-order valence-electron chi connectivity index (χ2n) is 3.56. The Labute approximate surface area is 99.2 Å². The van der Waals surface area contributed by atoms with E-state index in [1.807, 2.05) is 0 Å². The summed E-state index contributed by atoms with van der Waals surface area (Å²) in [5, 5.41) is 9.45. The van der Waals surface area contributed by atoms with Gasteiger partial charge in [-0.2, -0.15) is 0 Å². The molecule has 0 radical (unpaired) electrons.